The molecule has 0 aromatic heterocycles. The van der Waals surface area contributed by atoms with E-state index in [-0.39, 0.29) is 5.78 Å². The van der Waals surface area contributed by atoms with Crippen molar-refractivity contribution in [1.82, 2.24) is 0 Å². The summed E-state index contributed by atoms with van der Waals surface area (Å²) in [6.07, 6.45) is 4.13. The number of methoxy groups -OCH3 is 3. The van der Waals surface area contributed by atoms with Crippen LogP contribution in [0.25, 0.3) is 0 Å². The predicted octanol–water partition coefficient (Wildman–Crippen LogP) is 3.65. The van der Waals surface area contributed by atoms with E-state index in [1.165, 1.54) is 14.0 Å². The van der Waals surface area contributed by atoms with Crippen molar-refractivity contribution in [2.24, 2.45) is 0 Å². The second-order valence-electron chi connectivity index (χ2n) is 4.68. The highest BCUT2D eigenvalue weighted by molar-refractivity contribution is 6.00. The molecule has 1 aromatic carbocycles. The van der Waals surface area contributed by atoms with Crippen LogP contribution >= 0.6 is 0 Å². The van der Waals surface area contributed by atoms with Gasteiger partial charge in [0.1, 0.15) is 22.8 Å². The zero-order chi connectivity index (χ0) is 15.1. The highest BCUT2D eigenvalue weighted by Gasteiger charge is 2.22. The van der Waals surface area contributed by atoms with Crippen molar-refractivity contribution in [1.29, 1.82) is 0 Å². The molecule has 112 valence electrons. The van der Waals surface area contributed by atoms with Gasteiger partial charge in [-0.15, -0.1) is 0 Å². The van der Waals surface area contributed by atoms with E-state index in [2.05, 4.69) is 6.92 Å². The number of unbranched alkanes of at least 4 members (excludes halogenated alkanes) is 2. The largest absolute Gasteiger partial charge is 0.496 e. The SMILES string of the molecule is CCCCCc1c(OC)cc(OC)c(C(C)=O)c1OC. The average molecular weight is 280 g/mol. The van der Waals surface area contributed by atoms with E-state index >= 15 is 0 Å². The number of carbonyl (C=O) groups excluding carboxylic acids is 1. The first-order valence-electron chi connectivity index (χ1n) is 6.93. The molecule has 0 heterocycles. The van der Waals surface area contributed by atoms with Gasteiger partial charge in [0.25, 0.3) is 0 Å². The van der Waals surface area contributed by atoms with Crippen LogP contribution in [0.3, 0.4) is 0 Å². The maximum atomic E-state index is 11.9. The summed E-state index contributed by atoms with van der Waals surface area (Å²) in [4.78, 5) is 11.9. The Kier molecular flexibility index (Phi) is 6.36. The number of ether oxygens (including phenoxy) is 3. The maximum absolute atomic E-state index is 11.9. The summed E-state index contributed by atoms with van der Waals surface area (Å²) in [7, 11) is 4.73. The molecule has 0 unspecified atom stereocenters. The van der Waals surface area contributed by atoms with Crippen molar-refractivity contribution in [3.05, 3.63) is 17.2 Å². The van der Waals surface area contributed by atoms with Gasteiger partial charge in [-0.25, -0.2) is 0 Å². The van der Waals surface area contributed by atoms with Crippen LogP contribution in [-0.4, -0.2) is 27.1 Å². The number of ketones is 1. The van der Waals surface area contributed by atoms with E-state index < -0.39 is 0 Å². The standard InChI is InChI=1S/C16H24O4/c1-6-7-8-9-12-13(18-3)10-14(19-4)15(11(2)17)16(12)20-5/h10H,6-9H2,1-5H3. The van der Waals surface area contributed by atoms with Crippen LogP contribution in [0.4, 0.5) is 0 Å². The van der Waals surface area contributed by atoms with Gasteiger partial charge in [-0.1, -0.05) is 19.8 Å². The molecular formula is C16H24O4. The topological polar surface area (TPSA) is 44.8 Å². The Balaban J connectivity index is 3.37. The summed E-state index contributed by atoms with van der Waals surface area (Å²) in [5, 5.41) is 0. The molecule has 0 saturated heterocycles. The highest BCUT2D eigenvalue weighted by atomic mass is 16.5. The number of Topliss-reactive ketones (excluding diaryl/α,β-unsaturated/α-hetero) is 1. The molecule has 0 spiro atoms. The lowest BCUT2D eigenvalue weighted by molar-refractivity contribution is 0.101. The number of hydrogen-bond acceptors (Lipinski definition) is 4. The van der Waals surface area contributed by atoms with Gasteiger partial charge in [0, 0.05) is 11.6 Å². The third-order valence-electron chi connectivity index (χ3n) is 3.33. The van der Waals surface area contributed by atoms with Crippen molar-refractivity contribution >= 4 is 5.78 Å². The zero-order valence-corrected chi connectivity index (χ0v) is 13.0. The Morgan fingerprint density at radius 1 is 1.05 bits per heavy atom. The van der Waals surface area contributed by atoms with Crippen molar-refractivity contribution in [3.63, 3.8) is 0 Å². The molecule has 0 aliphatic heterocycles. The van der Waals surface area contributed by atoms with Crippen molar-refractivity contribution < 1.29 is 19.0 Å². The normalized spacial score (nSPS) is 10.2. The van der Waals surface area contributed by atoms with Crippen LogP contribution in [0.15, 0.2) is 6.07 Å². The first-order valence-corrected chi connectivity index (χ1v) is 6.93. The monoisotopic (exact) mass is 280 g/mol. The van der Waals surface area contributed by atoms with Crippen LogP contribution in [0.5, 0.6) is 17.2 Å². The number of benzene rings is 1. The fourth-order valence-corrected chi connectivity index (χ4v) is 2.34. The highest BCUT2D eigenvalue weighted by Crippen LogP contribution is 2.40. The minimum absolute atomic E-state index is 0.0712. The van der Waals surface area contributed by atoms with E-state index in [0.29, 0.717) is 22.8 Å². The number of rotatable bonds is 8. The average Bonchev–Trinajstić information content (AvgIpc) is 2.45. The third-order valence-corrected chi connectivity index (χ3v) is 3.33. The van der Waals surface area contributed by atoms with Gasteiger partial charge in [0.15, 0.2) is 5.78 Å². The number of hydrogen-bond donors (Lipinski definition) is 0. The summed E-state index contributed by atoms with van der Waals surface area (Å²) in [6, 6.07) is 1.76. The Morgan fingerprint density at radius 2 is 1.70 bits per heavy atom. The quantitative estimate of drug-likeness (QED) is 0.538. The molecule has 20 heavy (non-hydrogen) atoms. The molecule has 0 radical (unpaired) electrons. The van der Waals surface area contributed by atoms with Gasteiger partial charge >= 0.3 is 0 Å². The van der Waals surface area contributed by atoms with Crippen LogP contribution < -0.4 is 14.2 Å². The summed E-state index contributed by atoms with van der Waals surface area (Å²) in [5.74, 6) is 1.70. The van der Waals surface area contributed by atoms with Crippen molar-refractivity contribution in [2.75, 3.05) is 21.3 Å². The lowest BCUT2D eigenvalue weighted by atomic mass is 9.98. The van der Waals surface area contributed by atoms with Crippen LogP contribution in [-0.2, 0) is 6.42 Å². The van der Waals surface area contributed by atoms with Crippen LogP contribution in [0.1, 0.15) is 49.0 Å². The Labute approximate surface area is 121 Å². The lowest BCUT2D eigenvalue weighted by Gasteiger charge is -2.18. The molecule has 4 nitrogen and oxygen atoms in total. The van der Waals surface area contributed by atoms with Crippen molar-refractivity contribution in [3.8, 4) is 17.2 Å². The van der Waals surface area contributed by atoms with Gasteiger partial charge in [-0.3, -0.25) is 4.79 Å². The summed E-state index contributed by atoms with van der Waals surface area (Å²) in [5.41, 5.74) is 1.43. The second kappa shape index (κ2) is 7.78. The van der Waals surface area contributed by atoms with Crippen LogP contribution in [0, 0.1) is 0 Å². The summed E-state index contributed by atoms with van der Waals surface area (Å²) >= 11 is 0. The van der Waals surface area contributed by atoms with Crippen molar-refractivity contribution in [2.45, 2.75) is 39.5 Å². The predicted molar refractivity (Wildman–Crippen MR) is 79.3 cm³/mol. The molecule has 0 saturated carbocycles. The molecule has 0 bridgehead atoms. The maximum Gasteiger partial charge on any atom is 0.167 e. The number of carbonyl (C=O) groups is 1. The van der Waals surface area contributed by atoms with Gasteiger partial charge < -0.3 is 14.2 Å². The van der Waals surface area contributed by atoms with E-state index in [1.807, 2.05) is 0 Å². The molecule has 0 amide bonds. The minimum Gasteiger partial charge on any atom is -0.496 e. The fraction of sp³-hybridized carbons (Fsp3) is 0.562. The molecule has 0 aliphatic carbocycles. The summed E-state index contributed by atoms with van der Waals surface area (Å²) in [6.45, 7) is 3.67. The van der Waals surface area contributed by atoms with E-state index in [9.17, 15) is 4.79 Å². The molecule has 0 fully saturated rings. The lowest BCUT2D eigenvalue weighted by Crippen LogP contribution is -2.06. The molecule has 0 N–H and O–H groups in total. The molecule has 0 atom stereocenters. The molecule has 4 heteroatoms. The first kappa shape index (κ1) is 16.3. The summed E-state index contributed by atoms with van der Waals surface area (Å²) < 4.78 is 16.2. The first-order chi connectivity index (χ1) is 9.60. The van der Waals surface area contributed by atoms with Gasteiger partial charge in [-0.2, -0.15) is 0 Å². The van der Waals surface area contributed by atoms with Gasteiger partial charge in [0.05, 0.1) is 21.3 Å². The Hall–Kier alpha value is -1.71. The fourth-order valence-electron chi connectivity index (χ4n) is 2.34. The molecule has 1 rings (SSSR count). The minimum atomic E-state index is -0.0712. The van der Waals surface area contributed by atoms with Crippen LogP contribution in [0.2, 0.25) is 0 Å². The van der Waals surface area contributed by atoms with Gasteiger partial charge in [0.2, 0.25) is 0 Å². The molecule has 1 aromatic rings. The van der Waals surface area contributed by atoms with Gasteiger partial charge in [-0.05, 0) is 19.8 Å². The second-order valence-corrected chi connectivity index (χ2v) is 4.68. The molecular weight excluding hydrogens is 256 g/mol. The Bertz CT molecular complexity index is 466. The Morgan fingerprint density at radius 3 is 2.15 bits per heavy atom. The molecule has 0 aliphatic rings. The smallest absolute Gasteiger partial charge is 0.167 e. The van der Waals surface area contributed by atoms with E-state index in [1.54, 1.807) is 20.3 Å². The van der Waals surface area contributed by atoms with E-state index in [0.717, 1.165) is 31.2 Å². The third kappa shape index (κ3) is 3.44. The zero-order valence-electron chi connectivity index (χ0n) is 13.0. The van der Waals surface area contributed by atoms with E-state index in [4.69, 9.17) is 14.2 Å².